The normalized spacial score (nSPS) is 15.0. The van der Waals surface area contributed by atoms with Crippen LogP contribution in [0.5, 0.6) is 0 Å². The number of fused-ring (bicyclic) bond motifs is 1. The zero-order chi connectivity index (χ0) is 13.8. The fourth-order valence-corrected chi connectivity index (χ4v) is 2.51. The first-order valence-corrected chi connectivity index (χ1v) is 6.72. The van der Waals surface area contributed by atoms with Gasteiger partial charge in [-0.15, -0.1) is 0 Å². The van der Waals surface area contributed by atoms with E-state index < -0.39 is 0 Å². The molecule has 0 fully saturated rings. The minimum atomic E-state index is -0.345. The molecule has 0 radical (unpaired) electrons. The number of nitrogens with two attached hydrogens (primary N) is 1. The molecule has 0 saturated carbocycles. The second kappa shape index (κ2) is 5.82. The van der Waals surface area contributed by atoms with E-state index in [1.54, 1.807) is 0 Å². The van der Waals surface area contributed by atoms with E-state index >= 15 is 0 Å². The van der Waals surface area contributed by atoms with Crippen LogP contribution in [0.2, 0.25) is 0 Å². The van der Waals surface area contributed by atoms with Crippen molar-refractivity contribution >= 4 is 11.9 Å². The quantitative estimate of drug-likeness (QED) is 0.530. The van der Waals surface area contributed by atoms with E-state index in [0.717, 1.165) is 25.0 Å². The Morgan fingerprint density at radius 2 is 2.00 bits per heavy atom. The van der Waals surface area contributed by atoms with E-state index in [9.17, 15) is 4.79 Å². The molecule has 0 atom stereocenters. The lowest BCUT2D eigenvalue weighted by molar-refractivity contribution is 0.0975. The van der Waals surface area contributed by atoms with Crippen LogP contribution in [0.15, 0.2) is 6.07 Å². The Labute approximate surface area is 113 Å². The van der Waals surface area contributed by atoms with Crippen molar-refractivity contribution in [3.63, 3.8) is 0 Å². The molecule has 1 aromatic heterocycles. The highest BCUT2D eigenvalue weighted by molar-refractivity contribution is 6.05. The Morgan fingerprint density at radius 1 is 1.32 bits per heavy atom. The van der Waals surface area contributed by atoms with E-state index in [2.05, 4.69) is 10.3 Å². The van der Waals surface area contributed by atoms with Crippen LogP contribution < -0.4 is 11.1 Å². The van der Waals surface area contributed by atoms with Crippen molar-refractivity contribution in [1.82, 2.24) is 10.3 Å². The summed E-state index contributed by atoms with van der Waals surface area (Å²) in [6.45, 7) is 1.83. The maximum atomic E-state index is 11.9. The van der Waals surface area contributed by atoms with E-state index in [0.29, 0.717) is 11.3 Å². The van der Waals surface area contributed by atoms with E-state index in [-0.39, 0.29) is 11.9 Å². The molecule has 1 heterocycles. The molecule has 1 aromatic rings. The number of hydrogen-bond donors (Lipinski definition) is 3. The highest BCUT2D eigenvalue weighted by atomic mass is 16.1. The first-order valence-electron chi connectivity index (χ1n) is 6.72. The van der Waals surface area contributed by atoms with Crippen molar-refractivity contribution in [3.8, 4) is 0 Å². The summed E-state index contributed by atoms with van der Waals surface area (Å²) in [5, 5.41) is 9.44. The van der Waals surface area contributed by atoms with Gasteiger partial charge in [0.1, 0.15) is 0 Å². The largest absolute Gasteiger partial charge is 0.370 e. The Balaban J connectivity index is 2.32. The highest BCUT2D eigenvalue weighted by Gasteiger charge is 2.16. The van der Waals surface area contributed by atoms with Gasteiger partial charge in [-0.2, -0.15) is 0 Å². The average molecular weight is 260 g/mol. The molecule has 0 unspecified atom stereocenters. The molecular weight excluding hydrogens is 240 g/mol. The Hall–Kier alpha value is -1.91. The van der Waals surface area contributed by atoms with Gasteiger partial charge in [-0.25, -0.2) is 0 Å². The van der Waals surface area contributed by atoms with Gasteiger partial charge in [-0.1, -0.05) is 12.8 Å². The van der Waals surface area contributed by atoms with E-state index in [1.807, 2.05) is 13.0 Å². The van der Waals surface area contributed by atoms with Gasteiger partial charge in [-0.05, 0) is 44.2 Å². The van der Waals surface area contributed by atoms with Crippen molar-refractivity contribution in [3.05, 3.63) is 28.6 Å². The van der Waals surface area contributed by atoms with Crippen LogP contribution in [0, 0.1) is 12.3 Å². The Kier molecular flexibility index (Phi) is 4.14. The number of hydrogen-bond acceptors (Lipinski definition) is 3. The lowest BCUT2D eigenvalue weighted by Crippen LogP contribution is -2.36. The fraction of sp³-hybridized carbons (Fsp3) is 0.500. The number of amides is 1. The van der Waals surface area contributed by atoms with Crippen LogP contribution in [0.1, 0.15) is 53.0 Å². The smallest absolute Gasteiger partial charge is 0.259 e. The average Bonchev–Trinajstić information content (AvgIpc) is 2.30. The van der Waals surface area contributed by atoms with Gasteiger partial charge < -0.3 is 5.73 Å². The molecule has 2 rings (SSSR count). The molecule has 0 saturated heterocycles. The molecule has 19 heavy (non-hydrogen) atoms. The predicted octanol–water partition coefficient (Wildman–Crippen LogP) is 1.67. The third-order valence-electron chi connectivity index (χ3n) is 3.48. The molecule has 5 nitrogen and oxygen atoms in total. The number of pyridine rings is 1. The molecule has 0 aromatic carbocycles. The summed E-state index contributed by atoms with van der Waals surface area (Å²) in [5.74, 6) is -0.682. The van der Waals surface area contributed by atoms with Crippen molar-refractivity contribution < 1.29 is 4.79 Å². The van der Waals surface area contributed by atoms with Crippen molar-refractivity contribution in [1.29, 1.82) is 5.41 Å². The van der Waals surface area contributed by atoms with Gasteiger partial charge in [0.25, 0.3) is 5.91 Å². The lowest BCUT2D eigenvalue weighted by Gasteiger charge is -2.15. The molecule has 5 heteroatoms. The predicted molar refractivity (Wildman–Crippen MR) is 74.2 cm³/mol. The van der Waals surface area contributed by atoms with Crippen molar-refractivity contribution in [2.24, 2.45) is 5.73 Å². The van der Waals surface area contributed by atoms with Gasteiger partial charge in [-0.3, -0.25) is 20.5 Å². The van der Waals surface area contributed by atoms with Gasteiger partial charge in [0, 0.05) is 5.69 Å². The first kappa shape index (κ1) is 13.5. The number of nitrogens with one attached hydrogen (secondary N) is 2. The van der Waals surface area contributed by atoms with Crippen LogP contribution in [0.25, 0.3) is 0 Å². The van der Waals surface area contributed by atoms with Crippen molar-refractivity contribution in [2.45, 2.75) is 45.4 Å². The zero-order valence-corrected chi connectivity index (χ0v) is 11.3. The zero-order valence-electron chi connectivity index (χ0n) is 11.3. The SMILES string of the molecule is Cc1nc2c(cc1C(=O)NC(=N)N)CCCCCC2. The number of aromatic nitrogens is 1. The number of carbonyl (C=O) groups is 1. The van der Waals surface area contributed by atoms with Crippen molar-refractivity contribution in [2.75, 3.05) is 0 Å². The Bertz CT molecular complexity index is 510. The van der Waals surface area contributed by atoms with Crippen LogP contribution in [0.3, 0.4) is 0 Å². The minimum Gasteiger partial charge on any atom is -0.370 e. The second-order valence-corrected chi connectivity index (χ2v) is 5.01. The first-order chi connectivity index (χ1) is 9.08. The van der Waals surface area contributed by atoms with Gasteiger partial charge in [0.15, 0.2) is 5.96 Å². The molecule has 4 N–H and O–H groups in total. The molecule has 102 valence electrons. The molecule has 0 bridgehead atoms. The summed E-state index contributed by atoms with van der Waals surface area (Å²) in [5.41, 5.74) is 8.71. The van der Waals surface area contributed by atoms with Crippen LogP contribution in [0.4, 0.5) is 0 Å². The van der Waals surface area contributed by atoms with Crippen LogP contribution in [-0.2, 0) is 12.8 Å². The van der Waals surface area contributed by atoms with Gasteiger partial charge >= 0.3 is 0 Å². The summed E-state index contributed by atoms with van der Waals surface area (Å²) in [6, 6.07) is 1.92. The van der Waals surface area contributed by atoms with Gasteiger partial charge in [0.2, 0.25) is 0 Å². The summed E-state index contributed by atoms with van der Waals surface area (Å²) in [7, 11) is 0. The monoisotopic (exact) mass is 260 g/mol. The van der Waals surface area contributed by atoms with Crippen LogP contribution >= 0.6 is 0 Å². The van der Waals surface area contributed by atoms with E-state index in [4.69, 9.17) is 11.1 Å². The number of rotatable bonds is 1. The fourth-order valence-electron chi connectivity index (χ4n) is 2.51. The number of aryl methyl sites for hydroxylation is 3. The summed E-state index contributed by atoms with van der Waals surface area (Å²) in [4.78, 5) is 16.5. The molecule has 1 amide bonds. The van der Waals surface area contributed by atoms with Crippen LogP contribution in [-0.4, -0.2) is 16.9 Å². The third kappa shape index (κ3) is 3.30. The Morgan fingerprint density at radius 3 is 2.68 bits per heavy atom. The molecule has 0 aliphatic heterocycles. The molecule has 0 spiro atoms. The highest BCUT2D eigenvalue weighted by Crippen LogP contribution is 2.21. The van der Waals surface area contributed by atoms with E-state index in [1.165, 1.54) is 24.8 Å². The maximum Gasteiger partial charge on any atom is 0.259 e. The number of carbonyl (C=O) groups excluding carboxylic acids is 1. The number of guanidine groups is 1. The summed E-state index contributed by atoms with van der Waals surface area (Å²) >= 11 is 0. The topological polar surface area (TPSA) is 91.9 Å². The second-order valence-electron chi connectivity index (χ2n) is 5.01. The minimum absolute atomic E-state index is 0.337. The maximum absolute atomic E-state index is 11.9. The third-order valence-corrected chi connectivity index (χ3v) is 3.48. The standard InChI is InChI=1S/C14H20N4O/c1-9-11(13(19)18-14(15)16)8-10-6-4-2-3-5-7-12(10)17-9/h8H,2-7H2,1H3,(H4,15,16,18,19). The number of nitrogens with zero attached hydrogens (tertiary/aromatic N) is 1. The molecular formula is C14H20N4O. The summed E-state index contributed by atoms with van der Waals surface area (Å²) in [6.07, 6.45) is 6.77. The molecule has 1 aliphatic rings. The van der Waals surface area contributed by atoms with Gasteiger partial charge in [0.05, 0.1) is 11.3 Å². The lowest BCUT2D eigenvalue weighted by atomic mass is 9.95. The summed E-state index contributed by atoms with van der Waals surface area (Å²) < 4.78 is 0. The molecule has 1 aliphatic carbocycles.